The average Bonchev–Trinajstić information content (AvgIpc) is 2.38. The molecule has 98 valence electrons. The zero-order valence-electron chi connectivity index (χ0n) is 9.81. The first-order valence-electron chi connectivity index (χ1n) is 5.58. The van der Waals surface area contributed by atoms with Crippen LogP contribution in [0.3, 0.4) is 0 Å². The summed E-state index contributed by atoms with van der Waals surface area (Å²) in [4.78, 5) is 11.4. The summed E-state index contributed by atoms with van der Waals surface area (Å²) < 4.78 is 0. The molecular formula is C14H11Cl2NO2. The number of rotatable bonds is 4. The van der Waals surface area contributed by atoms with Crippen LogP contribution in [0.1, 0.15) is 11.6 Å². The van der Waals surface area contributed by atoms with E-state index in [0.29, 0.717) is 21.3 Å². The van der Waals surface area contributed by atoms with Gasteiger partial charge >= 0.3 is 5.97 Å². The van der Waals surface area contributed by atoms with E-state index in [1.165, 1.54) is 0 Å². The maximum absolute atomic E-state index is 11.4. The van der Waals surface area contributed by atoms with Gasteiger partial charge in [0.05, 0.1) is 0 Å². The van der Waals surface area contributed by atoms with Gasteiger partial charge in [0.15, 0.2) is 6.04 Å². The summed E-state index contributed by atoms with van der Waals surface area (Å²) in [7, 11) is 0. The minimum Gasteiger partial charge on any atom is -0.479 e. The first-order valence-corrected chi connectivity index (χ1v) is 6.33. The molecule has 0 fully saturated rings. The number of aliphatic carboxylic acids is 1. The number of carboxylic acid groups (broad SMARTS) is 1. The van der Waals surface area contributed by atoms with E-state index >= 15 is 0 Å². The van der Waals surface area contributed by atoms with Crippen LogP contribution < -0.4 is 5.32 Å². The summed E-state index contributed by atoms with van der Waals surface area (Å²) in [6, 6.07) is 12.9. The van der Waals surface area contributed by atoms with Gasteiger partial charge in [-0.05, 0) is 24.3 Å². The van der Waals surface area contributed by atoms with E-state index in [4.69, 9.17) is 23.2 Å². The summed E-state index contributed by atoms with van der Waals surface area (Å²) in [5, 5.41) is 12.9. The molecule has 0 aliphatic heterocycles. The number of hydrogen-bond acceptors (Lipinski definition) is 2. The number of benzene rings is 2. The van der Waals surface area contributed by atoms with Gasteiger partial charge in [-0.25, -0.2) is 4.79 Å². The fourth-order valence-electron chi connectivity index (χ4n) is 1.74. The van der Waals surface area contributed by atoms with Crippen LogP contribution in [0.25, 0.3) is 0 Å². The zero-order valence-corrected chi connectivity index (χ0v) is 11.3. The van der Waals surface area contributed by atoms with Crippen LogP contribution in [0, 0.1) is 0 Å². The van der Waals surface area contributed by atoms with E-state index in [9.17, 15) is 9.90 Å². The van der Waals surface area contributed by atoms with Gasteiger partial charge in [-0.15, -0.1) is 0 Å². The lowest BCUT2D eigenvalue weighted by Gasteiger charge is -2.18. The molecule has 0 amide bonds. The highest BCUT2D eigenvalue weighted by Crippen LogP contribution is 2.32. The first kappa shape index (κ1) is 13.7. The Kier molecular flexibility index (Phi) is 4.30. The maximum atomic E-state index is 11.4. The van der Waals surface area contributed by atoms with Gasteiger partial charge in [0.1, 0.15) is 0 Å². The lowest BCUT2D eigenvalue weighted by Crippen LogP contribution is -2.21. The van der Waals surface area contributed by atoms with Crippen LogP contribution in [0.4, 0.5) is 5.69 Å². The number of nitrogens with one attached hydrogen (secondary N) is 1. The van der Waals surface area contributed by atoms with Crippen molar-refractivity contribution < 1.29 is 9.90 Å². The van der Waals surface area contributed by atoms with Crippen molar-refractivity contribution >= 4 is 34.9 Å². The highest BCUT2D eigenvalue weighted by atomic mass is 35.5. The Morgan fingerprint density at radius 1 is 1.00 bits per heavy atom. The van der Waals surface area contributed by atoms with Gasteiger partial charge < -0.3 is 10.4 Å². The molecule has 0 bridgehead atoms. The second-order valence-electron chi connectivity index (χ2n) is 3.92. The lowest BCUT2D eigenvalue weighted by molar-refractivity contribution is -0.138. The Bertz CT molecular complexity index is 567. The number of anilines is 1. The number of carboxylic acids is 1. The van der Waals surface area contributed by atoms with Gasteiger partial charge in [-0.2, -0.15) is 0 Å². The quantitative estimate of drug-likeness (QED) is 0.887. The van der Waals surface area contributed by atoms with Crippen molar-refractivity contribution in [3.05, 3.63) is 64.1 Å². The third kappa shape index (κ3) is 3.19. The Morgan fingerprint density at radius 3 is 2.11 bits per heavy atom. The monoisotopic (exact) mass is 295 g/mol. The average molecular weight is 296 g/mol. The maximum Gasteiger partial charge on any atom is 0.330 e. The molecule has 3 nitrogen and oxygen atoms in total. The molecule has 0 heterocycles. The molecule has 2 aromatic carbocycles. The molecule has 2 rings (SSSR count). The smallest absolute Gasteiger partial charge is 0.330 e. The molecule has 0 radical (unpaired) electrons. The number of para-hydroxylation sites is 1. The minimum atomic E-state index is -1.04. The van der Waals surface area contributed by atoms with Crippen molar-refractivity contribution in [3.8, 4) is 0 Å². The SMILES string of the molecule is O=C(O)C(Nc1ccccc1)c1c(Cl)cccc1Cl. The summed E-state index contributed by atoms with van der Waals surface area (Å²) in [5.41, 5.74) is 1.05. The molecule has 0 saturated carbocycles. The third-order valence-electron chi connectivity index (χ3n) is 2.62. The molecule has 0 aliphatic carbocycles. The molecule has 0 spiro atoms. The van der Waals surface area contributed by atoms with Crippen molar-refractivity contribution in [2.75, 3.05) is 5.32 Å². The predicted octanol–water partition coefficient (Wildman–Crippen LogP) is 4.23. The van der Waals surface area contributed by atoms with Gasteiger partial charge in [0, 0.05) is 21.3 Å². The first-order chi connectivity index (χ1) is 9.09. The topological polar surface area (TPSA) is 49.3 Å². The van der Waals surface area contributed by atoms with Crippen molar-refractivity contribution in [1.82, 2.24) is 0 Å². The molecule has 19 heavy (non-hydrogen) atoms. The molecular weight excluding hydrogens is 285 g/mol. The summed E-state index contributed by atoms with van der Waals surface area (Å²) in [6.45, 7) is 0. The molecule has 0 saturated heterocycles. The summed E-state index contributed by atoms with van der Waals surface area (Å²) in [5.74, 6) is -1.04. The van der Waals surface area contributed by atoms with E-state index in [-0.39, 0.29) is 0 Å². The van der Waals surface area contributed by atoms with Crippen LogP contribution in [0.2, 0.25) is 10.0 Å². The Labute approximate surface area is 120 Å². The van der Waals surface area contributed by atoms with E-state index < -0.39 is 12.0 Å². The standard InChI is InChI=1S/C14H11Cl2NO2/c15-10-7-4-8-11(16)12(10)13(14(18)19)17-9-5-2-1-3-6-9/h1-8,13,17H,(H,18,19). The molecule has 0 aromatic heterocycles. The van der Waals surface area contributed by atoms with E-state index in [1.54, 1.807) is 30.3 Å². The van der Waals surface area contributed by atoms with Crippen molar-refractivity contribution in [2.24, 2.45) is 0 Å². The Balaban J connectivity index is 2.39. The summed E-state index contributed by atoms with van der Waals surface area (Å²) in [6.07, 6.45) is 0. The largest absolute Gasteiger partial charge is 0.479 e. The molecule has 2 N–H and O–H groups in total. The van der Waals surface area contributed by atoms with Gasteiger partial charge in [0.25, 0.3) is 0 Å². The predicted molar refractivity (Wildman–Crippen MR) is 76.9 cm³/mol. The van der Waals surface area contributed by atoms with Crippen molar-refractivity contribution in [1.29, 1.82) is 0 Å². The van der Waals surface area contributed by atoms with Crippen LogP contribution in [-0.2, 0) is 4.79 Å². The number of carbonyl (C=O) groups is 1. The van der Waals surface area contributed by atoms with E-state index in [1.807, 2.05) is 18.2 Å². The molecule has 1 unspecified atom stereocenters. The molecule has 5 heteroatoms. The van der Waals surface area contributed by atoms with E-state index in [0.717, 1.165) is 0 Å². The number of halogens is 2. The van der Waals surface area contributed by atoms with Gasteiger partial charge in [0.2, 0.25) is 0 Å². The van der Waals surface area contributed by atoms with Crippen molar-refractivity contribution in [3.63, 3.8) is 0 Å². The molecule has 1 atom stereocenters. The summed E-state index contributed by atoms with van der Waals surface area (Å²) >= 11 is 12.1. The van der Waals surface area contributed by atoms with E-state index in [2.05, 4.69) is 5.32 Å². The molecule has 2 aromatic rings. The Hall–Kier alpha value is -1.71. The second kappa shape index (κ2) is 5.95. The highest BCUT2D eigenvalue weighted by Gasteiger charge is 2.24. The Morgan fingerprint density at radius 2 is 1.58 bits per heavy atom. The second-order valence-corrected chi connectivity index (χ2v) is 4.73. The van der Waals surface area contributed by atoms with Crippen LogP contribution in [-0.4, -0.2) is 11.1 Å². The normalized spacial score (nSPS) is 11.9. The lowest BCUT2D eigenvalue weighted by atomic mass is 10.1. The van der Waals surface area contributed by atoms with Gasteiger partial charge in [-0.3, -0.25) is 0 Å². The third-order valence-corrected chi connectivity index (χ3v) is 3.28. The zero-order chi connectivity index (χ0) is 13.8. The van der Waals surface area contributed by atoms with Crippen LogP contribution >= 0.6 is 23.2 Å². The van der Waals surface area contributed by atoms with Crippen molar-refractivity contribution in [2.45, 2.75) is 6.04 Å². The number of hydrogen-bond donors (Lipinski definition) is 2. The molecule has 0 aliphatic rings. The van der Waals surface area contributed by atoms with Gasteiger partial charge in [-0.1, -0.05) is 47.5 Å². The fraction of sp³-hybridized carbons (Fsp3) is 0.0714. The highest BCUT2D eigenvalue weighted by molar-refractivity contribution is 6.36. The fourth-order valence-corrected chi connectivity index (χ4v) is 2.36. The van der Waals surface area contributed by atoms with Crippen LogP contribution in [0.15, 0.2) is 48.5 Å². The van der Waals surface area contributed by atoms with Crippen LogP contribution in [0.5, 0.6) is 0 Å². The minimum absolute atomic E-state index is 0.323.